The Hall–Kier alpha value is -0.910. The molecule has 2 atom stereocenters. The first-order chi connectivity index (χ1) is 9.58. The van der Waals surface area contributed by atoms with Crippen LogP contribution in [0.4, 0.5) is 0 Å². The normalized spacial score (nSPS) is 21.6. The van der Waals surface area contributed by atoms with Crippen LogP contribution in [0, 0.1) is 6.92 Å². The van der Waals surface area contributed by atoms with Crippen LogP contribution in [0.5, 0.6) is 0 Å². The van der Waals surface area contributed by atoms with Crippen molar-refractivity contribution in [3.05, 3.63) is 21.9 Å². The lowest BCUT2D eigenvalue weighted by molar-refractivity contribution is -0.124. The van der Waals surface area contributed by atoms with Crippen molar-refractivity contribution in [1.82, 2.24) is 10.2 Å². The third-order valence-electron chi connectivity index (χ3n) is 3.98. The van der Waals surface area contributed by atoms with Crippen LogP contribution in [0.3, 0.4) is 0 Å². The third kappa shape index (κ3) is 4.04. The first-order valence-corrected chi connectivity index (χ1v) is 8.17. The maximum atomic E-state index is 12.1. The van der Waals surface area contributed by atoms with Crippen LogP contribution in [0.1, 0.15) is 36.6 Å². The van der Waals surface area contributed by atoms with Crippen molar-refractivity contribution >= 4 is 17.2 Å². The lowest BCUT2D eigenvalue weighted by atomic mass is 9.98. The van der Waals surface area contributed by atoms with Gasteiger partial charge in [0, 0.05) is 10.9 Å². The maximum absolute atomic E-state index is 12.1. The lowest BCUT2D eigenvalue weighted by Gasteiger charge is -2.36. The van der Waals surface area contributed by atoms with Crippen molar-refractivity contribution < 1.29 is 9.90 Å². The molecule has 5 heteroatoms. The molecule has 0 spiro atoms. The van der Waals surface area contributed by atoms with Crippen LogP contribution in [0.2, 0.25) is 0 Å². The molecule has 2 N–H and O–H groups in total. The Labute approximate surface area is 124 Å². The Morgan fingerprint density at radius 3 is 3.05 bits per heavy atom. The molecule has 112 valence electrons. The van der Waals surface area contributed by atoms with Gasteiger partial charge >= 0.3 is 0 Å². The zero-order valence-corrected chi connectivity index (χ0v) is 13.1. The highest BCUT2D eigenvalue weighted by atomic mass is 32.1. The van der Waals surface area contributed by atoms with Gasteiger partial charge in [0.1, 0.15) is 0 Å². The summed E-state index contributed by atoms with van der Waals surface area (Å²) in [6, 6.07) is 2.19. The van der Waals surface area contributed by atoms with Gasteiger partial charge in [0.2, 0.25) is 5.91 Å². The summed E-state index contributed by atoms with van der Waals surface area (Å²) < 4.78 is 0. The van der Waals surface area contributed by atoms with Gasteiger partial charge < -0.3 is 10.4 Å². The fraction of sp³-hybridized carbons (Fsp3) is 0.667. The molecule has 1 fully saturated rings. The van der Waals surface area contributed by atoms with E-state index in [1.54, 1.807) is 11.3 Å². The first-order valence-electron chi connectivity index (χ1n) is 7.29. The molecule has 0 saturated carbocycles. The number of hydrogen-bond donors (Lipinski definition) is 2. The zero-order chi connectivity index (χ0) is 14.5. The van der Waals surface area contributed by atoms with Crippen LogP contribution in [-0.2, 0) is 11.3 Å². The van der Waals surface area contributed by atoms with E-state index in [0.717, 1.165) is 25.8 Å². The molecule has 2 heterocycles. The Balaban J connectivity index is 1.82. The molecule has 0 aromatic carbocycles. The third-order valence-corrected chi connectivity index (χ3v) is 5.01. The first kappa shape index (κ1) is 15.5. The zero-order valence-electron chi connectivity index (χ0n) is 12.3. The minimum Gasteiger partial charge on any atom is -0.392 e. The van der Waals surface area contributed by atoms with Gasteiger partial charge in [-0.25, -0.2) is 0 Å². The van der Waals surface area contributed by atoms with Gasteiger partial charge in [-0.2, -0.15) is 0 Å². The predicted molar refractivity (Wildman–Crippen MR) is 81.8 cm³/mol. The number of piperidine rings is 1. The van der Waals surface area contributed by atoms with Crippen LogP contribution in [-0.4, -0.2) is 41.1 Å². The smallest absolute Gasteiger partial charge is 0.234 e. The summed E-state index contributed by atoms with van der Waals surface area (Å²) in [6.45, 7) is 5.78. The molecule has 4 nitrogen and oxygen atoms in total. The largest absolute Gasteiger partial charge is 0.392 e. The van der Waals surface area contributed by atoms with E-state index >= 15 is 0 Å². The number of amides is 1. The van der Waals surface area contributed by atoms with Crippen LogP contribution < -0.4 is 5.32 Å². The molecule has 1 aliphatic rings. The highest BCUT2D eigenvalue weighted by Gasteiger charge is 2.27. The Bertz CT molecular complexity index is 445. The second kappa shape index (κ2) is 7.20. The second-order valence-electron chi connectivity index (χ2n) is 5.58. The Morgan fingerprint density at radius 1 is 1.60 bits per heavy atom. The molecular formula is C15H24N2O2S. The van der Waals surface area contributed by atoms with Gasteiger partial charge in [0.15, 0.2) is 0 Å². The minimum absolute atomic E-state index is 0.0466. The highest BCUT2D eigenvalue weighted by molar-refractivity contribution is 7.10. The van der Waals surface area contributed by atoms with Crippen LogP contribution in [0.15, 0.2) is 11.4 Å². The van der Waals surface area contributed by atoms with E-state index in [9.17, 15) is 9.90 Å². The number of carbonyl (C=O) groups excluding carboxylic acids is 1. The van der Waals surface area contributed by atoms with Crippen LogP contribution in [0.25, 0.3) is 0 Å². The molecule has 1 amide bonds. The van der Waals surface area contributed by atoms with E-state index in [4.69, 9.17) is 0 Å². The van der Waals surface area contributed by atoms with E-state index in [1.807, 2.05) is 12.3 Å². The fourth-order valence-electron chi connectivity index (χ4n) is 2.76. The van der Waals surface area contributed by atoms with Gasteiger partial charge in [-0.3, -0.25) is 9.69 Å². The van der Waals surface area contributed by atoms with Gasteiger partial charge in [-0.05, 0) is 50.2 Å². The van der Waals surface area contributed by atoms with E-state index in [2.05, 4.69) is 23.2 Å². The van der Waals surface area contributed by atoms with Gasteiger partial charge in [-0.1, -0.05) is 6.42 Å². The van der Waals surface area contributed by atoms with Crippen molar-refractivity contribution in [3.8, 4) is 0 Å². The topological polar surface area (TPSA) is 52.6 Å². The van der Waals surface area contributed by atoms with Crippen molar-refractivity contribution in [2.45, 2.75) is 51.8 Å². The number of hydrogen-bond acceptors (Lipinski definition) is 4. The summed E-state index contributed by atoms with van der Waals surface area (Å²) in [5, 5.41) is 14.8. The summed E-state index contributed by atoms with van der Waals surface area (Å²) in [4.78, 5) is 15.4. The Morgan fingerprint density at radius 2 is 2.40 bits per heavy atom. The van der Waals surface area contributed by atoms with Gasteiger partial charge in [-0.15, -0.1) is 11.3 Å². The number of aliphatic hydroxyl groups is 1. The van der Waals surface area contributed by atoms with Crippen LogP contribution >= 0.6 is 11.3 Å². The minimum atomic E-state index is -0.373. The lowest BCUT2D eigenvalue weighted by Crippen LogP contribution is -2.49. The number of aliphatic hydroxyl groups excluding tert-OH is 1. The van der Waals surface area contributed by atoms with E-state index in [1.165, 1.54) is 10.4 Å². The quantitative estimate of drug-likeness (QED) is 0.872. The van der Waals surface area contributed by atoms with Crippen molar-refractivity contribution in [2.24, 2.45) is 0 Å². The average Bonchev–Trinajstić information content (AvgIpc) is 2.82. The molecule has 0 bridgehead atoms. The predicted octanol–water partition coefficient (Wildman–Crippen LogP) is 1.91. The Kier molecular flexibility index (Phi) is 5.57. The molecule has 20 heavy (non-hydrogen) atoms. The molecule has 2 rings (SSSR count). The number of likely N-dealkylation sites (tertiary alicyclic amines) is 1. The number of rotatable bonds is 5. The molecule has 0 radical (unpaired) electrons. The van der Waals surface area contributed by atoms with Gasteiger partial charge in [0.25, 0.3) is 0 Å². The molecule has 1 aliphatic heterocycles. The number of carbonyl (C=O) groups is 1. The molecule has 1 saturated heterocycles. The monoisotopic (exact) mass is 296 g/mol. The standard InChI is InChI=1S/C15H24N2O2S/c1-11-6-8-20-14(11)9-16-15(19)10-17-7-4-3-5-13(17)12(2)18/h6,8,12-13,18H,3-5,7,9-10H2,1-2H3,(H,16,19). The molecular weight excluding hydrogens is 272 g/mol. The van der Waals surface area contributed by atoms with E-state index < -0.39 is 0 Å². The SMILES string of the molecule is Cc1ccsc1CNC(=O)CN1CCCCC1C(C)O. The molecule has 0 aliphatic carbocycles. The number of thiophene rings is 1. The number of nitrogens with zero attached hydrogens (tertiary/aromatic N) is 1. The van der Waals surface area contributed by atoms with Gasteiger partial charge in [0.05, 0.1) is 19.2 Å². The molecule has 1 aromatic rings. The van der Waals surface area contributed by atoms with Crippen molar-refractivity contribution in [1.29, 1.82) is 0 Å². The van der Waals surface area contributed by atoms with E-state index in [0.29, 0.717) is 13.1 Å². The maximum Gasteiger partial charge on any atom is 0.234 e. The summed E-state index contributed by atoms with van der Waals surface area (Å²) in [5.41, 5.74) is 1.23. The van der Waals surface area contributed by atoms with E-state index in [-0.39, 0.29) is 18.1 Å². The summed E-state index contributed by atoms with van der Waals surface area (Å²) >= 11 is 1.67. The highest BCUT2D eigenvalue weighted by Crippen LogP contribution is 2.19. The molecule has 2 unspecified atom stereocenters. The molecule has 1 aromatic heterocycles. The number of nitrogens with one attached hydrogen (secondary N) is 1. The summed E-state index contributed by atoms with van der Waals surface area (Å²) in [5.74, 6) is 0.0466. The number of aryl methyl sites for hydroxylation is 1. The summed E-state index contributed by atoms with van der Waals surface area (Å²) in [6.07, 6.45) is 2.86. The summed E-state index contributed by atoms with van der Waals surface area (Å²) in [7, 11) is 0. The fourth-order valence-corrected chi connectivity index (χ4v) is 3.61. The van der Waals surface area contributed by atoms with Crippen molar-refractivity contribution in [2.75, 3.05) is 13.1 Å². The average molecular weight is 296 g/mol. The second-order valence-corrected chi connectivity index (χ2v) is 6.58. The van der Waals surface area contributed by atoms with Crippen molar-refractivity contribution in [3.63, 3.8) is 0 Å².